The second-order valence-electron chi connectivity index (χ2n) is 4.37. The fourth-order valence-corrected chi connectivity index (χ4v) is 1.01. The lowest BCUT2D eigenvalue weighted by Crippen LogP contribution is -2.43. The quantitative estimate of drug-likeness (QED) is 0.758. The maximum Gasteiger partial charge on any atom is 0.305 e. The minimum absolute atomic E-state index is 0.0687. The Labute approximate surface area is 89.1 Å². The summed E-state index contributed by atoms with van der Waals surface area (Å²) < 4.78 is 0. The van der Waals surface area contributed by atoms with Gasteiger partial charge in [0.1, 0.15) is 0 Å². The van der Waals surface area contributed by atoms with Gasteiger partial charge in [-0.1, -0.05) is 20.8 Å². The molecule has 0 atom stereocenters. The van der Waals surface area contributed by atoms with Crippen LogP contribution in [0.2, 0.25) is 0 Å². The molecule has 0 saturated heterocycles. The van der Waals surface area contributed by atoms with Crippen LogP contribution in [0, 0.1) is 5.41 Å². The average molecular weight is 215 g/mol. The van der Waals surface area contributed by atoms with Crippen molar-refractivity contribution in [1.82, 2.24) is 4.90 Å². The number of amides is 2. The van der Waals surface area contributed by atoms with E-state index in [9.17, 15) is 14.4 Å². The molecule has 1 N–H and O–H groups in total. The van der Waals surface area contributed by atoms with Gasteiger partial charge in [-0.3, -0.25) is 19.3 Å². The molecule has 15 heavy (non-hydrogen) atoms. The molecular weight excluding hydrogens is 198 g/mol. The van der Waals surface area contributed by atoms with Crippen molar-refractivity contribution in [3.05, 3.63) is 0 Å². The number of carbonyl (C=O) groups is 3. The number of nitrogens with zero attached hydrogens (tertiary/aromatic N) is 1. The molecule has 0 rings (SSSR count). The van der Waals surface area contributed by atoms with Crippen LogP contribution in [-0.4, -0.2) is 34.3 Å². The molecule has 5 nitrogen and oxygen atoms in total. The van der Waals surface area contributed by atoms with Gasteiger partial charge in [-0.05, 0) is 0 Å². The van der Waals surface area contributed by atoms with Crippen LogP contribution >= 0.6 is 0 Å². The maximum atomic E-state index is 11.7. The van der Waals surface area contributed by atoms with Crippen molar-refractivity contribution in [2.24, 2.45) is 5.41 Å². The fraction of sp³-hybridized carbons (Fsp3) is 0.700. The third kappa shape index (κ3) is 4.58. The number of rotatable bonds is 3. The zero-order valence-electron chi connectivity index (χ0n) is 9.53. The maximum absolute atomic E-state index is 11.7. The summed E-state index contributed by atoms with van der Waals surface area (Å²) in [6, 6.07) is 0. The molecule has 0 heterocycles. The van der Waals surface area contributed by atoms with E-state index in [1.165, 1.54) is 6.92 Å². The summed E-state index contributed by atoms with van der Waals surface area (Å²) in [5, 5.41) is 8.48. The molecular formula is C10H17NO4. The largest absolute Gasteiger partial charge is 0.481 e. The van der Waals surface area contributed by atoms with Gasteiger partial charge in [0.05, 0.1) is 6.42 Å². The van der Waals surface area contributed by atoms with Crippen molar-refractivity contribution in [1.29, 1.82) is 0 Å². The van der Waals surface area contributed by atoms with E-state index >= 15 is 0 Å². The minimum Gasteiger partial charge on any atom is -0.481 e. The summed E-state index contributed by atoms with van der Waals surface area (Å²) in [4.78, 5) is 34.2. The second kappa shape index (κ2) is 4.91. The van der Waals surface area contributed by atoms with Crippen LogP contribution in [0.3, 0.4) is 0 Å². The Morgan fingerprint density at radius 1 is 1.20 bits per heavy atom. The monoisotopic (exact) mass is 215 g/mol. The van der Waals surface area contributed by atoms with E-state index in [4.69, 9.17) is 5.11 Å². The van der Waals surface area contributed by atoms with Crippen molar-refractivity contribution in [3.63, 3.8) is 0 Å². The second-order valence-corrected chi connectivity index (χ2v) is 4.37. The van der Waals surface area contributed by atoms with Gasteiger partial charge in [-0.25, -0.2) is 0 Å². The molecule has 0 spiro atoms. The molecule has 0 aliphatic heterocycles. The minimum atomic E-state index is -1.03. The molecule has 0 aliphatic rings. The van der Waals surface area contributed by atoms with Crippen LogP contribution in [0.4, 0.5) is 0 Å². The summed E-state index contributed by atoms with van der Waals surface area (Å²) in [5.74, 6) is -1.80. The van der Waals surface area contributed by atoms with Gasteiger partial charge in [-0.15, -0.1) is 0 Å². The van der Waals surface area contributed by atoms with Gasteiger partial charge >= 0.3 is 5.97 Å². The number of carboxylic acid groups (broad SMARTS) is 1. The molecule has 0 bridgehead atoms. The van der Waals surface area contributed by atoms with Crippen LogP contribution in [-0.2, 0) is 14.4 Å². The summed E-state index contributed by atoms with van der Waals surface area (Å²) in [6.45, 7) is 6.25. The Morgan fingerprint density at radius 3 is 1.93 bits per heavy atom. The average Bonchev–Trinajstić information content (AvgIpc) is 2.01. The smallest absolute Gasteiger partial charge is 0.305 e. The normalized spacial score (nSPS) is 10.9. The molecule has 0 aromatic carbocycles. The molecule has 0 saturated carbocycles. The molecule has 0 aromatic heterocycles. The van der Waals surface area contributed by atoms with Gasteiger partial charge in [0.25, 0.3) is 0 Å². The Kier molecular flexibility index (Phi) is 4.45. The number of aliphatic carboxylic acids is 1. The van der Waals surface area contributed by atoms with Crippen LogP contribution < -0.4 is 0 Å². The fourth-order valence-electron chi connectivity index (χ4n) is 1.01. The Hall–Kier alpha value is -1.39. The molecule has 2 amide bonds. The third-order valence-corrected chi connectivity index (χ3v) is 1.82. The van der Waals surface area contributed by atoms with Crippen molar-refractivity contribution >= 4 is 17.8 Å². The van der Waals surface area contributed by atoms with E-state index in [1.807, 2.05) is 0 Å². The summed E-state index contributed by atoms with van der Waals surface area (Å²) in [5.41, 5.74) is -0.676. The van der Waals surface area contributed by atoms with E-state index in [0.717, 1.165) is 4.90 Å². The standard InChI is InChI=1S/C10H17NO4/c1-7(12)11(6-5-8(13)14)9(15)10(2,3)4/h5-6H2,1-4H3,(H,13,14). The van der Waals surface area contributed by atoms with Crippen LogP contribution in [0.5, 0.6) is 0 Å². The predicted molar refractivity (Wildman–Crippen MR) is 54.1 cm³/mol. The van der Waals surface area contributed by atoms with Crippen LogP contribution in [0.25, 0.3) is 0 Å². The predicted octanol–water partition coefficient (Wildman–Crippen LogP) is 0.882. The highest BCUT2D eigenvalue weighted by Crippen LogP contribution is 2.17. The number of hydrogen-bond acceptors (Lipinski definition) is 3. The first-order valence-corrected chi connectivity index (χ1v) is 4.70. The zero-order chi connectivity index (χ0) is 12.2. The Bertz CT molecular complexity index is 278. The Morgan fingerprint density at radius 2 is 1.67 bits per heavy atom. The molecule has 0 unspecified atom stereocenters. The first-order valence-electron chi connectivity index (χ1n) is 4.70. The molecule has 0 aromatic rings. The van der Waals surface area contributed by atoms with Crippen molar-refractivity contribution in [2.45, 2.75) is 34.1 Å². The highest BCUT2D eigenvalue weighted by Gasteiger charge is 2.29. The number of imide groups is 1. The Balaban J connectivity index is 4.61. The van der Waals surface area contributed by atoms with Crippen molar-refractivity contribution in [2.75, 3.05) is 6.54 Å². The van der Waals surface area contributed by atoms with E-state index in [1.54, 1.807) is 20.8 Å². The van der Waals surface area contributed by atoms with Crippen LogP contribution in [0.15, 0.2) is 0 Å². The molecule has 0 radical (unpaired) electrons. The highest BCUT2D eigenvalue weighted by atomic mass is 16.4. The number of carbonyl (C=O) groups excluding carboxylic acids is 2. The van der Waals surface area contributed by atoms with Gasteiger partial charge in [0.15, 0.2) is 0 Å². The number of hydrogen-bond donors (Lipinski definition) is 1. The highest BCUT2D eigenvalue weighted by molar-refractivity contribution is 5.96. The zero-order valence-corrected chi connectivity index (χ0v) is 9.53. The SMILES string of the molecule is CC(=O)N(CCC(=O)O)C(=O)C(C)(C)C. The molecule has 86 valence electrons. The van der Waals surface area contributed by atoms with E-state index in [-0.39, 0.29) is 18.9 Å². The molecule has 0 fully saturated rings. The van der Waals surface area contributed by atoms with Gasteiger partial charge in [0.2, 0.25) is 11.8 Å². The van der Waals surface area contributed by atoms with E-state index in [2.05, 4.69) is 0 Å². The van der Waals surface area contributed by atoms with Gasteiger partial charge in [0, 0.05) is 18.9 Å². The summed E-state index contributed by atoms with van der Waals surface area (Å²) in [6.07, 6.45) is -0.221. The summed E-state index contributed by atoms with van der Waals surface area (Å²) >= 11 is 0. The third-order valence-electron chi connectivity index (χ3n) is 1.82. The molecule has 5 heteroatoms. The van der Waals surface area contributed by atoms with Crippen molar-refractivity contribution < 1.29 is 19.5 Å². The molecule has 0 aliphatic carbocycles. The van der Waals surface area contributed by atoms with Gasteiger partial charge < -0.3 is 5.11 Å². The lowest BCUT2D eigenvalue weighted by molar-refractivity contribution is -0.149. The summed E-state index contributed by atoms with van der Waals surface area (Å²) in [7, 11) is 0. The van der Waals surface area contributed by atoms with E-state index in [0.29, 0.717) is 0 Å². The first kappa shape index (κ1) is 13.6. The van der Waals surface area contributed by atoms with Crippen molar-refractivity contribution in [3.8, 4) is 0 Å². The topological polar surface area (TPSA) is 74.7 Å². The van der Waals surface area contributed by atoms with E-state index < -0.39 is 17.3 Å². The van der Waals surface area contributed by atoms with Gasteiger partial charge in [-0.2, -0.15) is 0 Å². The van der Waals surface area contributed by atoms with Crippen LogP contribution in [0.1, 0.15) is 34.1 Å². The number of carboxylic acids is 1. The lowest BCUT2D eigenvalue weighted by atomic mass is 9.94. The lowest BCUT2D eigenvalue weighted by Gasteiger charge is -2.26. The first-order chi connectivity index (χ1) is 6.66.